The van der Waals surface area contributed by atoms with Gasteiger partial charge in [0, 0.05) is 36.0 Å². The fourth-order valence-corrected chi connectivity index (χ4v) is 4.14. The number of carbonyl (C=O) groups excluding carboxylic acids is 2. The number of nitrogens with zero attached hydrogens (tertiary/aromatic N) is 3. The van der Waals surface area contributed by atoms with Gasteiger partial charge in [0.1, 0.15) is 11.6 Å². The Hall–Kier alpha value is -5.29. The lowest BCUT2D eigenvalue weighted by atomic mass is 10.1. The molecule has 41 heavy (non-hydrogen) atoms. The molecular formula is C30H27FN6O4. The Kier molecular flexibility index (Phi) is 8.16. The molecule has 11 heteroatoms. The molecule has 3 aromatic carbocycles. The molecule has 0 radical (unpaired) electrons. The van der Waals surface area contributed by atoms with E-state index in [1.165, 1.54) is 19.2 Å². The van der Waals surface area contributed by atoms with Crippen molar-refractivity contribution in [3.63, 3.8) is 0 Å². The Morgan fingerprint density at radius 2 is 1.61 bits per heavy atom. The van der Waals surface area contributed by atoms with E-state index in [4.69, 9.17) is 9.84 Å². The van der Waals surface area contributed by atoms with Gasteiger partial charge in [-0.15, -0.1) is 5.10 Å². The van der Waals surface area contributed by atoms with Crippen molar-refractivity contribution in [3.05, 3.63) is 108 Å². The fourth-order valence-electron chi connectivity index (χ4n) is 4.14. The Labute approximate surface area is 234 Å². The number of amides is 2. The second-order valence-corrected chi connectivity index (χ2v) is 9.06. The molecule has 208 valence electrons. The number of halogens is 1. The van der Waals surface area contributed by atoms with Crippen molar-refractivity contribution in [2.45, 2.75) is 6.54 Å². The molecule has 0 saturated carbocycles. The van der Waals surface area contributed by atoms with Crippen LogP contribution in [0.25, 0.3) is 16.8 Å². The molecule has 0 fully saturated rings. The van der Waals surface area contributed by atoms with Gasteiger partial charge in [0.2, 0.25) is 5.95 Å². The van der Waals surface area contributed by atoms with Gasteiger partial charge in [-0.2, -0.15) is 4.98 Å². The number of anilines is 2. The summed E-state index contributed by atoms with van der Waals surface area (Å²) in [6.45, 7) is 0.315. The third-order valence-corrected chi connectivity index (χ3v) is 6.29. The maximum atomic E-state index is 13.1. The average molecular weight is 555 g/mol. The summed E-state index contributed by atoms with van der Waals surface area (Å²) in [5.41, 5.74) is 4.68. The number of pyridine rings is 1. The summed E-state index contributed by atoms with van der Waals surface area (Å²) in [6.07, 6.45) is 1.84. The smallest absolute Gasteiger partial charge is 0.251 e. The van der Waals surface area contributed by atoms with Crippen LogP contribution in [0.1, 0.15) is 26.3 Å². The molecule has 0 bridgehead atoms. The number of rotatable bonds is 10. The summed E-state index contributed by atoms with van der Waals surface area (Å²) in [7, 11) is 1.50. The molecule has 0 atom stereocenters. The van der Waals surface area contributed by atoms with Crippen LogP contribution in [0.3, 0.4) is 0 Å². The number of nitrogens with one attached hydrogen (secondary N) is 3. The number of hydrogen-bond donors (Lipinski definition) is 4. The lowest BCUT2D eigenvalue weighted by Crippen LogP contribution is -2.26. The van der Waals surface area contributed by atoms with Crippen molar-refractivity contribution in [2.24, 2.45) is 0 Å². The number of aromatic nitrogens is 3. The molecule has 2 aromatic heterocycles. The first-order chi connectivity index (χ1) is 19.9. The number of hydrogen-bond acceptors (Lipinski definition) is 7. The molecule has 10 nitrogen and oxygen atoms in total. The van der Waals surface area contributed by atoms with Crippen LogP contribution in [-0.2, 0) is 6.54 Å². The first-order valence-corrected chi connectivity index (χ1v) is 12.8. The normalized spacial score (nSPS) is 10.8. The third-order valence-electron chi connectivity index (χ3n) is 6.29. The highest BCUT2D eigenvalue weighted by Gasteiger charge is 2.13. The maximum absolute atomic E-state index is 13.1. The van der Waals surface area contributed by atoms with E-state index in [-0.39, 0.29) is 30.8 Å². The van der Waals surface area contributed by atoms with Crippen LogP contribution < -0.4 is 20.7 Å². The molecule has 2 amide bonds. The third kappa shape index (κ3) is 6.48. The molecule has 0 aliphatic rings. The Morgan fingerprint density at radius 3 is 2.34 bits per heavy atom. The van der Waals surface area contributed by atoms with E-state index >= 15 is 0 Å². The van der Waals surface area contributed by atoms with Crippen molar-refractivity contribution in [3.8, 4) is 16.9 Å². The maximum Gasteiger partial charge on any atom is 0.251 e. The Bertz CT molecular complexity index is 1690. The van der Waals surface area contributed by atoms with Gasteiger partial charge in [0.15, 0.2) is 5.65 Å². The molecule has 0 aliphatic carbocycles. The fraction of sp³-hybridized carbons (Fsp3) is 0.133. The average Bonchev–Trinajstić information content (AvgIpc) is 3.41. The molecule has 0 unspecified atom stereocenters. The van der Waals surface area contributed by atoms with Gasteiger partial charge in [-0.05, 0) is 65.7 Å². The van der Waals surface area contributed by atoms with Crippen LogP contribution >= 0.6 is 0 Å². The summed E-state index contributed by atoms with van der Waals surface area (Å²) in [5, 5.41) is 22.0. The molecule has 2 heterocycles. The SMILES string of the molecule is COc1cc(C(=O)NCCO)ccc1Nc1nc2ccc(-c3ccc(C(=O)NCc4ccc(F)cc4)cc3)cn2n1. The standard InChI is InChI=1S/C30H27FN6O4/c1-41-26-16-22(29(40)32-14-15-38)8-12-25(26)34-30-35-27-13-9-23(18-37(27)36-30)20-4-6-21(7-5-20)28(39)33-17-19-2-10-24(31)11-3-19/h2-13,16,18,38H,14-15,17H2,1H3,(H,32,40)(H,33,39)(H,34,36). The van der Waals surface area contributed by atoms with Crippen LogP contribution in [-0.4, -0.2) is 51.8 Å². The van der Waals surface area contributed by atoms with Gasteiger partial charge in [0.25, 0.3) is 11.8 Å². The molecular weight excluding hydrogens is 527 g/mol. The van der Waals surface area contributed by atoms with Crippen LogP contribution in [0.2, 0.25) is 0 Å². The van der Waals surface area contributed by atoms with Crippen molar-refractivity contribution in [2.75, 3.05) is 25.6 Å². The van der Waals surface area contributed by atoms with E-state index in [9.17, 15) is 14.0 Å². The lowest BCUT2D eigenvalue weighted by molar-refractivity contribution is 0.0939. The van der Waals surface area contributed by atoms with Crippen LogP contribution in [0, 0.1) is 5.82 Å². The van der Waals surface area contributed by atoms with E-state index in [2.05, 4.69) is 26.0 Å². The highest BCUT2D eigenvalue weighted by atomic mass is 19.1. The Balaban J connectivity index is 1.27. The predicted molar refractivity (Wildman–Crippen MR) is 152 cm³/mol. The van der Waals surface area contributed by atoms with Crippen molar-refractivity contribution < 1.29 is 23.8 Å². The monoisotopic (exact) mass is 554 g/mol. The largest absolute Gasteiger partial charge is 0.495 e. The second kappa shape index (κ2) is 12.3. The van der Waals surface area contributed by atoms with Crippen molar-refractivity contribution in [1.29, 1.82) is 0 Å². The van der Waals surface area contributed by atoms with E-state index in [1.807, 2.05) is 30.5 Å². The molecule has 0 spiro atoms. The van der Waals surface area contributed by atoms with Gasteiger partial charge in [-0.3, -0.25) is 9.59 Å². The second-order valence-electron chi connectivity index (χ2n) is 9.06. The molecule has 4 N–H and O–H groups in total. The predicted octanol–water partition coefficient (Wildman–Crippen LogP) is 3.94. The minimum absolute atomic E-state index is 0.147. The summed E-state index contributed by atoms with van der Waals surface area (Å²) < 4.78 is 20.2. The highest BCUT2D eigenvalue weighted by molar-refractivity contribution is 5.95. The number of carbonyl (C=O) groups is 2. The summed E-state index contributed by atoms with van der Waals surface area (Å²) in [4.78, 5) is 29.3. The zero-order chi connectivity index (χ0) is 28.8. The minimum atomic E-state index is -0.319. The van der Waals surface area contributed by atoms with Crippen molar-refractivity contribution in [1.82, 2.24) is 25.2 Å². The quantitative estimate of drug-likeness (QED) is 0.206. The molecule has 0 aliphatic heterocycles. The number of methoxy groups -OCH3 is 1. The number of aliphatic hydroxyl groups is 1. The lowest BCUT2D eigenvalue weighted by Gasteiger charge is -2.11. The molecule has 0 saturated heterocycles. The zero-order valence-corrected chi connectivity index (χ0v) is 22.1. The van der Waals surface area contributed by atoms with E-state index < -0.39 is 0 Å². The minimum Gasteiger partial charge on any atom is -0.495 e. The number of benzene rings is 3. The van der Waals surface area contributed by atoms with Gasteiger partial charge in [-0.1, -0.05) is 24.3 Å². The number of fused-ring (bicyclic) bond motifs is 1. The molecule has 5 rings (SSSR count). The summed E-state index contributed by atoms with van der Waals surface area (Å²) >= 11 is 0. The van der Waals surface area contributed by atoms with Crippen LogP contribution in [0.5, 0.6) is 5.75 Å². The number of aliphatic hydroxyl groups excluding tert-OH is 1. The summed E-state index contributed by atoms with van der Waals surface area (Å²) in [5.74, 6) is -0.0897. The van der Waals surface area contributed by atoms with E-state index in [1.54, 1.807) is 47.0 Å². The van der Waals surface area contributed by atoms with Crippen molar-refractivity contribution >= 4 is 29.1 Å². The summed E-state index contributed by atoms with van der Waals surface area (Å²) in [6, 6.07) is 21.9. The van der Waals surface area contributed by atoms with E-state index in [0.29, 0.717) is 40.7 Å². The zero-order valence-electron chi connectivity index (χ0n) is 22.1. The number of ether oxygens (including phenoxy) is 1. The topological polar surface area (TPSA) is 130 Å². The first-order valence-electron chi connectivity index (χ1n) is 12.8. The Morgan fingerprint density at radius 1 is 0.902 bits per heavy atom. The van der Waals surface area contributed by atoms with Gasteiger partial charge in [0.05, 0.1) is 19.4 Å². The first kappa shape index (κ1) is 27.3. The van der Waals surface area contributed by atoms with Crippen LogP contribution in [0.4, 0.5) is 16.0 Å². The van der Waals surface area contributed by atoms with Crippen LogP contribution in [0.15, 0.2) is 85.1 Å². The highest BCUT2D eigenvalue weighted by Crippen LogP contribution is 2.28. The van der Waals surface area contributed by atoms with Gasteiger partial charge >= 0.3 is 0 Å². The van der Waals surface area contributed by atoms with Gasteiger partial charge < -0.3 is 25.8 Å². The molecule has 5 aromatic rings. The van der Waals surface area contributed by atoms with E-state index in [0.717, 1.165) is 16.7 Å². The van der Waals surface area contributed by atoms with Gasteiger partial charge in [-0.25, -0.2) is 8.91 Å².